The third-order valence-electron chi connectivity index (χ3n) is 2.37. The molecule has 0 aliphatic heterocycles. The zero-order valence-corrected chi connectivity index (χ0v) is 7.16. The monoisotopic (exact) mass is 180 g/mol. The molecule has 2 rings (SSSR count). The summed E-state index contributed by atoms with van der Waals surface area (Å²) in [5.74, 6) is 0.375. The lowest BCUT2D eigenvalue weighted by Gasteiger charge is -2.09. The minimum atomic E-state index is -0.300. The van der Waals surface area contributed by atoms with Gasteiger partial charge in [0.15, 0.2) is 5.88 Å². The summed E-state index contributed by atoms with van der Waals surface area (Å²) < 4.78 is 0. The van der Waals surface area contributed by atoms with Gasteiger partial charge in [0.05, 0.1) is 0 Å². The summed E-state index contributed by atoms with van der Waals surface area (Å²) in [4.78, 5) is 13.3. The molecule has 13 heavy (non-hydrogen) atoms. The van der Waals surface area contributed by atoms with Gasteiger partial charge in [-0.05, 0) is 24.3 Å². The highest BCUT2D eigenvalue weighted by Crippen LogP contribution is 2.39. The molecule has 0 radical (unpaired) electrons. The maximum Gasteiger partial charge on any atom is 0.250 e. The van der Waals surface area contributed by atoms with Crippen LogP contribution in [0.4, 0.5) is 0 Å². The van der Waals surface area contributed by atoms with Gasteiger partial charge in [0.1, 0.15) is 0 Å². The van der Waals surface area contributed by atoms with Crippen molar-refractivity contribution in [2.75, 3.05) is 0 Å². The number of rotatable bonds is 2. The van der Waals surface area contributed by atoms with Gasteiger partial charge in [0, 0.05) is 18.2 Å². The van der Waals surface area contributed by atoms with E-state index in [1.165, 1.54) is 12.1 Å². The quantitative estimate of drug-likeness (QED) is 0.619. The van der Waals surface area contributed by atoms with Crippen molar-refractivity contribution in [3.05, 3.63) is 28.0 Å². The molecule has 0 spiro atoms. The van der Waals surface area contributed by atoms with E-state index in [1.807, 2.05) is 0 Å². The second kappa shape index (κ2) is 2.88. The maximum atomic E-state index is 11.0. The van der Waals surface area contributed by atoms with E-state index in [-0.39, 0.29) is 17.5 Å². The third-order valence-corrected chi connectivity index (χ3v) is 2.37. The standard InChI is InChI=1S/C9H12N2O2/c10-9(5-1-2-5)6-3-7(12)11-8(13)4-6/h3-5,9H,1-2,10H2,(H2,11,12,13)/t9-/m0/s1. The number of aromatic hydroxyl groups is 1. The Bertz CT molecular complexity index is 368. The summed E-state index contributed by atoms with van der Waals surface area (Å²) in [6.07, 6.45) is 2.24. The third kappa shape index (κ3) is 1.72. The molecule has 1 aromatic rings. The van der Waals surface area contributed by atoms with Crippen molar-refractivity contribution in [2.24, 2.45) is 11.7 Å². The van der Waals surface area contributed by atoms with E-state index in [0.29, 0.717) is 5.92 Å². The number of aromatic nitrogens is 1. The first-order chi connectivity index (χ1) is 6.16. The molecule has 4 heteroatoms. The van der Waals surface area contributed by atoms with Crippen LogP contribution in [-0.4, -0.2) is 10.1 Å². The second-order valence-corrected chi connectivity index (χ2v) is 3.53. The van der Waals surface area contributed by atoms with Gasteiger partial charge in [-0.15, -0.1) is 0 Å². The molecule has 0 bridgehead atoms. The Hall–Kier alpha value is -1.29. The predicted octanol–water partition coefficient (Wildman–Crippen LogP) is 0.490. The van der Waals surface area contributed by atoms with Crippen LogP contribution in [0.3, 0.4) is 0 Å². The van der Waals surface area contributed by atoms with Gasteiger partial charge in [-0.25, -0.2) is 0 Å². The number of H-pyrrole nitrogens is 1. The van der Waals surface area contributed by atoms with Gasteiger partial charge in [-0.2, -0.15) is 0 Å². The fourth-order valence-corrected chi connectivity index (χ4v) is 1.47. The Labute approximate surface area is 75.4 Å². The molecule has 1 aliphatic carbocycles. The summed E-state index contributed by atoms with van der Waals surface area (Å²) in [6.45, 7) is 0. The van der Waals surface area contributed by atoms with E-state index in [1.54, 1.807) is 0 Å². The number of pyridine rings is 1. The molecule has 1 heterocycles. The molecule has 0 unspecified atom stereocenters. The first-order valence-electron chi connectivity index (χ1n) is 4.35. The fraction of sp³-hybridized carbons (Fsp3) is 0.444. The van der Waals surface area contributed by atoms with Crippen LogP contribution in [0.2, 0.25) is 0 Å². The van der Waals surface area contributed by atoms with E-state index in [9.17, 15) is 4.79 Å². The number of hydrogen-bond acceptors (Lipinski definition) is 3. The zero-order valence-electron chi connectivity index (χ0n) is 7.16. The van der Waals surface area contributed by atoms with Gasteiger partial charge in [-0.3, -0.25) is 9.78 Å². The van der Waals surface area contributed by atoms with Gasteiger partial charge in [-0.1, -0.05) is 0 Å². The molecular formula is C9H12N2O2. The SMILES string of the molecule is N[C@H](c1cc(O)[nH]c(=O)c1)C1CC1. The van der Waals surface area contributed by atoms with E-state index < -0.39 is 0 Å². The number of nitrogens with one attached hydrogen (secondary N) is 1. The van der Waals surface area contributed by atoms with Crippen LogP contribution < -0.4 is 11.3 Å². The molecule has 1 aromatic heterocycles. The zero-order chi connectivity index (χ0) is 9.42. The highest BCUT2D eigenvalue weighted by Gasteiger charge is 2.29. The van der Waals surface area contributed by atoms with Gasteiger partial charge >= 0.3 is 0 Å². The average molecular weight is 180 g/mol. The van der Waals surface area contributed by atoms with Gasteiger partial charge in [0.2, 0.25) is 0 Å². The molecular weight excluding hydrogens is 168 g/mol. The minimum Gasteiger partial charge on any atom is -0.495 e. The molecule has 4 nitrogen and oxygen atoms in total. The Morgan fingerprint density at radius 3 is 2.77 bits per heavy atom. The van der Waals surface area contributed by atoms with Crippen LogP contribution >= 0.6 is 0 Å². The molecule has 0 amide bonds. The van der Waals surface area contributed by atoms with E-state index in [2.05, 4.69) is 4.98 Å². The molecule has 1 aliphatic rings. The minimum absolute atomic E-state index is 0.104. The summed E-state index contributed by atoms with van der Waals surface area (Å²) in [7, 11) is 0. The smallest absolute Gasteiger partial charge is 0.250 e. The lowest BCUT2D eigenvalue weighted by Crippen LogP contribution is -2.16. The number of nitrogens with two attached hydrogens (primary N) is 1. The topological polar surface area (TPSA) is 79.1 Å². The molecule has 4 N–H and O–H groups in total. The van der Waals surface area contributed by atoms with E-state index in [4.69, 9.17) is 10.8 Å². The molecule has 70 valence electrons. The fourth-order valence-electron chi connectivity index (χ4n) is 1.47. The Balaban J connectivity index is 2.33. The Kier molecular flexibility index (Phi) is 1.84. The lowest BCUT2D eigenvalue weighted by molar-refractivity contribution is 0.449. The van der Waals surface area contributed by atoms with Gasteiger partial charge in [0.25, 0.3) is 5.56 Å². The Morgan fingerprint density at radius 1 is 1.54 bits per heavy atom. The summed E-state index contributed by atoms with van der Waals surface area (Å²) in [5.41, 5.74) is 6.30. The largest absolute Gasteiger partial charge is 0.495 e. The highest BCUT2D eigenvalue weighted by molar-refractivity contribution is 5.24. The Morgan fingerprint density at radius 2 is 2.23 bits per heavy atom. The average Bonchev–Trinajstić information content (AvgIpc) is 2.83. The van der Waals surface area contributed by atoms with E-state index >= 15 is 0 Å². The first-order valence-corrected chi connectivity index (χ1v) is 4.35. The number of hydrogen-bond donors (Lipinski definition) is 3. The first kappa shape index (κ1) is 8.31. The summed E-state index contributed by atoms with van der Waals surface area (Å²) >= 11 is 0. The van der Waals surface area contributed by atoms with Crippen molar-refractivity contribution >= 4 is 0 Å². The van der Waals surface area contributed by atoms with Crippen LogP contribution in [0.5, 0.6) is 5.88 Å². The van der Waals surface area contributed by atoms with Crippen LogP contribution in [-0.2, 0) is 0 Å². The van der Waals surface area contributed by atoms with Crippen molar-refractivity contribution in [1.29, 1.82) is 0 Å². The lowest BCUT2D eigenvalue weighted by atomic mass is 10.1. The normalized spacial score (nSPS) is 18.5. The van der Waals surface area contributed by atoms with Crippen molar-refractivity contribution in [1.82, 2.24) is 4.98 Å². The second-order valence-electron chi connectivity index (χ2n) is 3.53. The molecule has 0 aromatic carbocycles. The summed E-state index contributed by atoms with van der Waals surface area (Å²) in [5, 5.41) is 9.13. The van der Waals surface area contributed by atoms with Crippen molar-refractivity contribution < 1.29 is 5.11 Å². The summed E-state index contributed by atoms with van der Waals surface area (Å²) in [6, 6.07) is 2.86. The van der Waals surface area contributed by atoms with Crippen LogP contribution in [0.15, 0.2) is 16.9 Å². The van der Waals surface area contributed by atoms with Crippen molar-refractivity contribution in [3.63, 3.8) is 0 Å². The van der Waals surface area contributed by atoms with E-state index in [0.717, 1.165) is 18.4 Å². The van der Waals surface area contributed by atoms with Crippen LogP contribution in [0.1, 0.15) is 24.4 Å². The molecule has 0 saturated heterocycles. The van der Waals surface area contributed by atoms with Crippen LogP contribution in [0.25, 0.3) is 0 Å². The highest BCUT2D eigenvalue weighted by atomic mass is 16.3. The van der Waals surface area contributed by atoms with Crippen molar-refractivity contribution in [2.45, 2.75) is 18.9 Å². The molecule has 1 fully saturated rings. The van der Waals surface area contributed by atoms with Gasteiger partial charge < -0.3 is 10.8 Å². The predicted molar refractivity (Wildman–Crippen MR) is 48.4 cm³/mol. The molecule has 1 atom stereocenters. The van der Waals surface area contributed by atoms with Crippen LogP contribution in [0, 0.1) is 5.92 Å². The molecule has 1 saturated carbocycles. The van der Waals surface area contributed by atoms with Crippen molar-refractivity contribution in [3.8, 4) is 5.88 Å². The maximum absolute atomic E-state index is 11.0. The number of aromatic amines is 1.